The Hall–Kier alpha value is -1.64. The Bertz CT molecular complexity index is 321. The standard InChI is InChI=1S/C12H11N.H2O/c1-3-7-11(8-4-1)13-12-9-5-2-6-10-12;/h1-10,13H;1H2. The van der Waals surface area contributed by atoms with Gasteiger partial charge in [-0.15, -0.1) is 0 Å². The Morgan fingerprint density at radius 2 is 0.929 bits per heavy atom. The van der Waals surface area contributed by atoms with Crippen molar-refractivity contribution >= 4 is 11.4 Å². The summed E-state index contributed by atoms with van der Waals surface area (Å²) in [6.45, 7) is 0. The zero-order chi connectivity index (χ0) is 8.93. The average molecular weight is 187 g/mol. The Morgan fingerprint density at radius 3 is 1.29 bits per heavy atom. The SMILES string of the molecule is [OH-].c1ccc([NH2+]c2ccccc2)cc1. The van der Waals surface area contributed by atoms with Crippen molar-refractivity contribution in [3.05, 3.63) is 60.7 Å². The van der Waals surface area contributed by atoms with Crippen LogP contribution in [0.4, 0.5) is 11.4 Å². The monoisotopic (exact) mass is 187 g/mol. The maximum atomic E-state index is 2.17. The van der Waals surface area contributed by atoms with Crippen LogP contribution in [0.5, 0.6) is 0 Å². The highest BCUT2D eigenvalue weighted by Gasteiger charge is 1.96. The molecule has 0 aromatic heterocycles. The second-order valence-electron chi connectivity index (χ2n) is 2.97. The molecule has 72 valence electrons. The van der Waals surface area contributed by atoms with Gasteiger partial charge in [0.05, 0.1) is 0 Å². The molecule has 2 nitrogen and oxygen atoms in total. The van der Waals surface area contributed by atoms with Crippen molar-refractivity contribution in [1.82, 2.24) is 0 Å². The lowest BCUT2D eigenvalue weighted by Crippen LogP contribution is -2.70. The molecule has 0 saturated carbocycles. The zero-order valence-corrected chi connectivity index (χ0v) is 7.80. The summed E-state index contributed by atoms with van der Waals surface area (Å²) in [5.41, 5.74) is 2.49. The van der Waals surface area contributed by atoms with E-state index in [1.54, 1.807) is 0 Å². The van der Waals surface area contributed by atoms with E-state index in [9.17, 15) is 0 Å². The summed E-state index contributed by atoms with van der Waals surface area (Å²) < 4.78 is 0. The molecule has 0 unspecified atom stereocenters. The van der Waals surface area contributed by atoms with E-state index < -0.39 is 0 Å². The molecule has 2 aromatic carbocycles. The number of benzene rings is 2. The van der Waals surface area contributed by atoms with Gasteiger partial charge in [0.2, 0.25) is 0 Å². The van der Waals surface area contributed by atoms with Crippen molar-refractivity contribution in [3.63, 3.8) is 0 Å². The molecule has 0 saturated heterocycles. The fourth-order valence-electron chi connectivity index (χ4n) is 1.29. The average Bonchev–Trinajstić information content (AvgIpc) is 2.21. The number of para-hydroxylation sites is 2. The molecule has 14 heavy (non-hydrogen) atoms. The molecule has 2 heteroatoms. The van der Waals surface area contributed by atoms with Gasteiger partial charge in [-0.2, -0.15) is 0 Å². The van der Waals surface area contributed by atoms with E-state index in [0.29, 0.717) is 0 Å². The first-order chi connectivity index (χ1) is 6.45. The van der Waals surface area contributed by atoms with Crippen LogP contribution >= 0.6 is 0 Å². The quantitative estimate of drug-likeness (QED) is 0.718. The van der Waals surface area contributed by atoms with Gasteiger partial charge >= 0.3 is 0 Å². The van der Waals surface area contributed by atoms with E-state index in [1.807, 2.05) is 12.1 Å². The lowest BCUT2D eigenvalue weighted by molar-refractivity contribution is -0.478. The maximum absolute atomic E-state index is 2.17. The molecular formula is C12H13NO. The maximum Gasteiger partial charge on any atom is 0.134 e. The minimum absolute atomic E-state index is 0. The fourth-order valence-corrected chi connectivity index (χ4v) is 1.29. The van der Waals surface area contributed by atoms with E-state index in [1.165, 1.54) is 11.4 Å². The molecule has 0 atom stereocenters. The van der Waals surface area contributed by atoms with E-state index in [0.717, 1.165) is 0 Å². The van der Waals surface area contributed by atoms with Crippen molar-refractivity contribution in [2.75, 3.05) is 0 Å². The van der Waals surface area contributed by atoms with Gasteiger partial charge in [0.1, 0.15) is 11.4 Å². The predicted octanol–water partition coefficient (Wildman–Crippen LogP) is 2.04. The highest BCUT2D eigenvalue weighted by Crippen LogP contribution is 2.02. The first kappa shape index (κ1) is 10.4. The highest BCUT2D eigenvalue weighted by molar-refractivity contribution is 5.35. The minimum atomic E-state index is 0. The van der Waals surface area contributed by atoms with E-state index in [2.05, 4.69) is 53.8 Å². The number of rotatable bonds is 2. The van der Waals surface area contributed by atoms with Crippen LogP contribution in [0.15, 0.2) is 60.7 Å². The van der Waals surface area contributed by atoms with Gasteiger partial charge in [-0.1, -0.05) is 36.4 Å². The number of nitrogens with two attached hydrogens (primary N) is 1. The van der Waals surface area contributed by atoms with Crippen LogP contribution in [-0.4, -0.2) is 5.48 Å². The van der Waals surface area contributed by atoms with Gasteiger partial charge < -0.3 is 5.48 Å². The molecule has 0 radical (unpaired) electrons. The number of hydrogen-bond acceptors (Lipinski definition) is 1. The van der Waals surface area contributed by atoms with Crippen LogP contribution in [0.2, 0.25) is 0 Å². The van der Waals surface area contributed by atoms with Crippen molar-refractivity contribution < 1.29 is 10.8 Å². The molecule has 3 N–H and O–H groups in total. The van der Waals surface area contributed by atoms with Crippen LogP contribution in [0, 0.1) is 0 Å². The molecule has 0 bridgehead atoms. The third-order valence-corrected chi connectivity index (χ3v) is 1.93. The summed E-state index contributed by atoms with van der Waals surface area (Å²) in [6, 6.07) is 20.7. The van der Waals surface area contributed by atoms with Gasteiger partial charge in [-0.3, -0.25) is 5.32 Å². The number of hydrogen-bond donors (Lipinski definition) is 1. The van der Waals surface area contributed by atoms with Crippen molar-refractivity contribution in [3.8, 4) is 0 Å². The van der Waals surface area contributed by atoms with E-state index in [-0.39, 0.29) is 5.48 Å². The van der Waals surface area contributed by atoms with Crippen LogP contribution in [0.3, 0.4) is 0 Å². The molecule has 0 heterocycles. The summed E-state index contributed by atoms with van der Waals surface area (Å²) in [4.78, 5) is 0. The molecule has 0 amide bonds. The number of quaternary nitrogens is 1. The largest absolute Gasteiger partial charge is 0.870 e. The topological polar surface area (TPSA) is 46.6 Å². The lowest BCUT2D eigenvalue weighted by Gasteiger charge is -1.98. The third kappa shape index (κ3) is 2.69. The van der Waals surface area contributed by atoms with E-state index >= 15 is 0 Å². The van der Waals surface area contributed by atoms with Gasteiger partial charge in [0.25, 0.3) is 0 Å². The first-order valence-corrected chi connectivity index (χ1v) is 4.40. The van der Waals surface area contributed by atoms with Crippen molar-refractivity contribution in [2.45, 2.75) is 0 Å². The molecule has 0 spiro atoms. The van der Waals surface area contributed by atoms with Crippen molar-refractivity contribution in [1.29, 1.82) is 0 Å². The molecule has 2 rings (SSSR count). The van der Waals surface area contributed by atoms with Crippen LogP contribution in [0.25, 0.3) is 0 Å². The summed E-state index contributed by atoms with van der Waals surface area (Å²) in [5, 5.41) is 2.17. The second kappa shape index (κ2) is 5.17. The van der Waals surface area contributed by atoms with Crippen LogP contribution in [-0.2, 0) is 0 Å². The summed E-state index contributed by atoms with van der Waals surface area (Å²) in [7, 11) is 0. The Balaban J connectivity index is 0.000000980. The predicted molar refractivity (Wildman–Crippen MR) is 56.1 cm³/mol. The molecule has 2 aromatic rings. The molecule has 0 fully saturated rings. The molecule has 0 aliphatic carbocycles. The first-order valence-electron chi connectivity index (χ1n) is 4.40. The van der Waals surface area contributed by atoms with Gasteiger partial charge in [0.15, 0.2) is 0 Å². The third-order valence-electron chi connectivity index (χ3n) is 1.93. The molecular weight excluding hydrogens is 174 g/mol. The summed E-state index contributed by atoms with van der Waals surface area (Å²) in [6.07, 6.45) is 0. The Morgan fingerprint density at radius 1 is 0.571 bits per heavy atom. The summed E-state index contributed by atoms with van der Waals surface area (Å²) in [5.74, 6) is 0. The summed E-state index contributed by atoms with van der Waals surface area (Å²) >= 11 is 0. The molecule has 0 aliphatic heterocycles. The van der Waals surface area contributed by atoms with Gasteiger partial charge in [-0.25, -0.2) is 0 Å². The van der Waals surface area contributed by atoms with Crippen molar-refractivity contribution in [2.24, 2.45) is 0 Å². The van der Waals surface area contributed by atoms with Crippen LogP contribution < -0.4 is 5.32 Å². The normalized spacial score (nSPS) is 9.14. The Labute approximate surface area is 83.5 Å². The Kier molecular flexibility index (Phi) is 3.85. The molecule has 0 aliphatic rings. The van der Waals surface area contributed by atoms with E-state index in [4.69, 9.17) is 0 Å². The highest BCUT2D eigenvalue weighted by atomic mass is 16.0. The minimum Gasteiger partial charge on any atom is -0.870 e. The smallest absolute Gasteiger partial charge is 0.134 e. The zero-order valence-electron chi connectivity index (χ0n) is 7.80. The fraction of sp³-hybridized carbons (Fsp3) is 0. The second-order valence-corrected chi connectivity index (χ2v) is 2.97. The lowest BCUT2D eigenvalue weighted by atomic mass is 10.3. The van der Waals surface area contributed by atoms with Gasteiger partial charge in [0, 0.05) is 0 Å². The van der Waals surface area contributed by atoms with Gasteiger partial charge in [-0.05, 0) is 24.3 Å². The van der Waals surface area contributed by atoms with Crippen LogP contribution in [0.1, 0.15) is 0 Å².